The molecule has 27 heavy (non-hydrogen) atoms. The Hall–Kier alpha value is -2.08. The van der Waals surface area contributed by atoms with Crippen molar-refractivity contribution in [2.75, 3.05) is 7.11 Å². The van der Waals surface area contributed by atoms with E-state index < -0.39 is 23.9 Å². The molecule has 1 rings (SSSR count). The fourth-order valence-electron chi connectivity index (χ4n) is 2.75. The molecule has 152 valence electrons. The van der Waals surface area contributed by atoms with Crippen molar-refractivity contribution in [3.8, 4) is 11.5 Å². The predicted molar refractivity (Wildman–Crippen MR) is 105 cm³/mol. The highest BCUT2D eigenvalue weighted by atomic mass is 16.5. The Labute approximate surface area is 162 Å². The van der Waals surface area contributed by atoms with Crippen LogP contribution < -0.4 is 15.2 Å². The fourth-order valence-corrected chi connectivity index (χ4v) is 2.75. The molecular weight excluding hydrogens is 346 g/mol. The lowest BCUT2D eigenvalue weighted by molar-refractivity contribution is -0.140. The zero-order valence-corrected chi connectivity index (χ0v) is 17.7. The number of benzene rings is 1. The molecule has 0 bridgehead atoms. The van der Waals surface area contributed by atoms with Gasteiger partial charge in [-0.25, -0.2) is 4.79 Å². The van der Waals surface area contributed by atoms with E-state index in [4.69, 9.17) is 20.3 Å². The molecule has 1 aromatic rings. The van der Waals surface area contributed by atoms with Crippen LogP contribution in [0, 0.1) is 5.92 Å². The van der Waals surface area contributed by atoms with Crippen LogP contribution in [-0.2, 0) is 20.4 Å². The molecule has 2 atom stereocenters. The van der Waals surface area contributed by atoms with E-state index in [0.717, 1.165) is 11.1 Å². The fraction of sp³-hybridized carbons (Fsp3) is 0.619. The summed E-state index contributed by atoms with van der Waals surface area (Å²) >= 11 is 0. The van der Waals surface area contributed by atoms with Crippen LogP contribution in [0.3, 0.4) is 0 Å². The van der Waals surface area contributed by atoms with E-state index in [1.54, 1.807) is 14.0 Å². The van der Waals surface area contributed by atoms with E-state index in [1.165, 1.54) is 0 Å². The van der Waals surface area contributed by atoms with Gasteiger partial charge in [-0.05, 0) is 28.9 Å². The number of rotatable bonds is 6. The van der Waals surface area contributed by atoms with Crippen molar-refractivity contribution < 1.29 is 24.2 Å². The van der Waals surface area contributed by atoms with Crippen molar-refractivity contribution in [1.82, 2.24) is 0 Å². The standard InChI is InChI=1S/C21H33NO5/c1-12(9-16(23)24)17(22)19(25)27-18-14(20(2,3)4)10-13(26-8)11-15(18)21(5,6)7/h10-12,17H,9,22H2,1-8H3,(H,23,24)/t12?,17-/m0/s1. The molecule has 1 aromatic carbocycles. The lowest BCUT2D eigenvalue weighted by atomic mass is 9.79. The second kappa shape index (κ2) is 8.30. The molecule has 0 aliphatic carbocycles. The molecule has 3 N–H and O–H groups in total. The first-order valence-electron chi connectivity index (χ1n) is 9.10. The number of aliphatic carboxylic acids is 1. The second-order valence-electron chi connectivity index (χ2n) is 9.07. The van der Waals surface area contributed by atoms with Crippen molar-refractivity contribution in [2.45, 2.75) is 71.8 Å². The third kappa shape index (κ3) is 5.96. The molecule has 0 saturated heterocycles. The van der Waals surface area contributed by atoms with Gasteiger partial charge in [0, 0.05) is 17.5 Å². The highest BCUT2D eigenvalue weighted by molar-refractivity contribution is 5.80. The average molecular weight is 379 g/mol. The highest BCUT2D eigenvalue weighted by Gasteiger charge is 2.32. The minimum absolute atomic E-state index is 0.197. The summed E-state index contributed by atoms with van der Waals surface area (Å²) in [6.07, 6.45) is -0.197. The van der Waals surface area contributed by atoms with Gasteiger partial charge in [-0.1, -0.05) is 48.5 Å². The van der Waals surface area contributed by atoms with E-state index in [-0.39, 0.29) is 17.3 Å². The number of methoxy groups -OCH3 is 1. The maximum Gasteiger partial charge on any atom is 0.328 e. The van der Waals surface area contributed by atoms with E-state index in [1.807, 2.05) is 53.7 Å². The van der Waals surface area contributed by atoms with E-state index in [0.29, 0.717) is 11.5 Å². The van der Waals surface area contributed by atoms with E-state index in [9.17, 15) is 9.59 Å². The summed E-state index contributed by atoms with van der Waals surface area (Å²) in [5.74, 6) is -1.01. The number of nitrogens with two attached hydrogens (primary N) is 1. The van der Waals surface area contributed by atoms with Crippen molar-refractivity contribution in [3.05, 3.63) is 23.3 Å². The summed E-state index contributed by atoms with van der Waals surface area (Å²) in [5, 5.41) is 8.94. The summed E-state index contributed by atoms with van der Waals surface area (Å²) in [5.41, 5.74) is 7.02. The Balaban J connectivity index is 3.43. The molecule has 0 radical (unpaired) electrons. The van der Waals surface area contributed by atoms with Crippen LogP contribution >= 0.6 is 0 Å². The Morgan fingerprint density at radius 1 is 1.07 bits per heavy atom. The van der Waals surface area contributed by atoms with E-state index in [2.05, 4.69) is 0 Å². The van der Waals surface area contributed by atoms with Crippen molar-refractivity contribution in [3.63, 3.8) is 0 Å². The summed E-state index contributed by atoms with van der Waals surface area (Å²) in [6.45, 7) is 13.8. The molecule has 0 aliphatic heterocycles. The Bertz CT molecular complexity index is 662. The van der Waals surface area contributed by atoms with Gasteiger partial charge in [0.25, 0.3) is 0 Å². The summed E-state index contributed by atoms with van der Waals surface area (Å²) in [4.78, 5) is 23.6. The van der Waals surface area contributed by atoms with Gasteiger partial charge >= 0.3 is 11.9 Å². The van der Waals surface area contributed by atoms with Gasteiger partial charge in [-0.15, -0.1) is 0 Å². The van der Waals surface area contributed by atoms with Gasteiger partial charge in [-0.3, -0.25) is 4.79 Å². The normalized spacial score (nSPS) is 14.4. The zero-order valence-electron chi connectivity index (χ0n) is 17.7. The maximum atomic E-state index is 12.7. The molecule has 0 saturated carbocycles. The molecule has 6 nitrogen and oxygen atoms in total. The molecule has 0 fully saturated rings. The number of carbonyl (C=O) groups is 2. The lowest BCUT2D eigenvalue weighted by Gasteiger charge is -2.30. The molecule has 0 spiro atoms. The van der Waals surface area contributed by atoms with Crippen molar-refractivity contribution in [1.29, 1.82) is 0 Å². The first-order valence-corrected chi connectivity index (χ1v) is 9.10. The smallest absolute Gasteiger partial charge is 0.328 e. The first-order chi connectivity index (χ1) is 12.2. The number of hydrogen-bond acceptors (Lipinski definition) is 5. The number of carbonyl (C=O) groups excluding carboxylic acids is 1. The van der Waals surface area contributed by atoms with Crippen LogP contribution in [0.1, 0.15) is 66.0 Å². The van der Waals surface area contributed by atoms with Crippen LogP contribution in [0.25, 0.3) is 0 Å². The lowest BCUT2D eigenvalue weighted by Crippen LogP contribution is -2.41. The van der Waals surface area contributed by atoms with Crippen LogP contribution in [-0.4, -0.2) is 30.2 Å². The largest absolute Gasteiger partial charge is 0.497 e. The molecule has 0 heterocycles. The second-order valence-corrected chi connectivity index (χ2v) is 9.07. The maximum absolute atomic E-state index is 12.7. The highest BCUT2D eigenvalue weighted by Crippen LogP contribution is 2.42. The molecule has 6 heteroatoms. The Kier molecular flexibility index (Phi) is 7.05. The van der Waals surface area contributed by atoms with Gasteiger partial charge in [0.15, 0.2) is 0 Å². The summed E-state index contributed by atoms with van der Waals surface area (Å²) in [6, 6.07) is 2.71. The summed E-state index contributed by atoms with van der Waals surface area (Å²) in [7, 11) is 1.60. The Morgan fingerprint density at radius 3 is 1.85 bits per heavy atom. The minimum Gasteiger partial charge on any atom is -0.497 e. The van der Waals surface area contributed by atoms with Gasteiger partial charge < -0.3 is 20.3 Å². The third-order valence-corrected chi connectivity index (χ3v) is 4.50. The number of esters is 1. The van der Waals surface area contributed by atoms with Gasteiger partial charge in [0.2, 0.25) is 0 Å². The predicted octanol–water partition coefficient (Wildman–Crippen LogP) is 3.63. The van der Waals surface area contributed by atoms with Crippen LogP contribution in [0.4, 0.5) is 0 Å². The molecular formula is C21H33NO5. The zero-order chi connectivity index (χ0) is 21.2. The number of carboxylic acid groups (broad SMARTS) is 1. The quantitative estimate of drug-likeness (QED) is 0.578. The van der Waals surface area contributed by atoms with Gasteiger partial charge in [0.1, 0.15) is 17.5 Å². The summed E-state index contributed by atoms with van der Waals surface area (Å²) < 4.78 is 11.2. The number of ether oxygens (including phenoxy) is 2. The van der Waals surface area contributed by atoms with Crippen LogP contribution in [0.15, 0.2) is 12.1 Å². The minimum atomic E-state index is -1.02. The molecule has 0 aliphatic rings. The topological polar surface area (TPSA) is 98.9 Å². The monoisotopic (exact) mass is 379 g/mol. The van der Waals surface area contributed by atoms with E-state index >= 15 is 0 Å². The Morgan fingerprint density at radius 2 is 1.52 bits per heavy atom. The molecule has 0 amide bonds. The van der Waals surface area contributed by atoms with Crippen LogP contribution in [0.5, 0.6) is 11.5 Å². The molecule has 1 unspecified atom stereocenters. The SMILES string of the molecule is COc1cc(C(C)(C)C)c(OC(=O)[C@@H](N)C(C)CC(=O)O)c(C(C)(C)C)c1. The average Bonchev–Trinajstić information content (AvgIpc) is 2.51. The van der Waals surface area contributed by atoms with Crippen LogP contribution in [0.2, 0.25) is 0 Å². The molecule has 0 aromatic heterocycles. The van der Waals surface area contributed by atoms with Gasteiger partial charge in [-0.2, -0.15) is 0 Å². The van der Waals surface area contributed by atoms with Crippen molar-refractivity contribution in [2.24, 2.45) is 11.7 Å². The van der Waals surface area contributed by atoms with Crippen molar-refractivity contribution >= 4 is 11.9 Å². The van der Waals surface area contributed by atoms with Gasteiger partial charge in [0.05, 0.1) is 7.11 Å². The number of hydrogen-bond donors (Lipinski definition) is 2. The first kappa shape index (κ1) is 23.0. The third-order valence-electron chi connectivity index (χ3n) is 4.50. The number of carboxylic acids is 1.